The molecule has 12 heavy (non-hydrogen) atoms. The summed E-state index contributed by atoms with van der Waals surface area (Å²) in [5.74, 6) is -0.859. The van der Waals surface area contributed by atoms with Gasteiger partial charge in [0.05, 0.1) is 5.56 Å². The van der Waals surface area contributed by atoms with Crippen LogP contribution in [0.3, 0.4) is 0 Å². The molecule has 1 N–H and O–H groups in total. The molecule has 0 aliphatic rings. The number of carboxylic acid groups (broad SMARTS) is 1. The summed E-state index contributed by atoms with van der Waals surface area (Å²) in [4.78, 5) is 10.5. The van der Waals surface area contributed by atoms with Crippen molar-refractivity contribution in [3.8, 4) is 0 Å². The molecule has 0 radical (unpaired) electrons. The molecule has 1 aromatic carbocycles. The van der Waals surface area contributed by atoms with Gasteiger partial charge in [-0.1, -0.05) is 17.7 Å². The first-order valence-electron chi connectivity index (χ1n) is 3.42. The van der Waals surface area contributed by atoms with E-state index in [1.54, 1.807) is 19.1 Å². The molecule has 0 aromatic heterocycles. The number of carboxylic acids is 1. The van der Waals surface area contributed by atoms with Crippen LogP contribution in [0.1, 0.15) is 21.5 Å². The van der Waals surface area contributed by atoms with Crippen molar-refractivity contribution < 1.29 is 9.90 Å². The first-order valence-corrected chi connectivity index (χ1v) is 3.42. The first-order chi connectivity index (χ1) is 5.11. The molecule has 0 saturated heterocycles. The Morgan fingerprint density at radius 1 is 1.33 bits per heavy atom. The number of aromatic carboxylic acids is 1. The van der Waals surface area contributed by atoms with Crippen molar-refractivity contribution in [1.29, 1.82) is 0 Å². The predicted octanol–water partition coefficient (Wildman–Crippen LogP) is 1.35. The minimum atomic E-state index is -0.859. The van der Waals surface area contributed by atoms with E-state index in [-0.39, 0.29) is 51.4 Å². The molecule has 0 bridgehead atoms. The van der Waals surface area contributed by atoms with Gasteiger partial charge in [0.15, 0.2) is 0 Å². The molecular formula is C9H11KO2. The van der Waals surface area contributed by atoms with E-state index in [0.29, 0.717) is 5.56 Å². The Morgan fingerprint density at radius 2 is 1.92 bits per heavy atom. The van der Waals surface area contributed by atoms with Crippen LogP contribution in [0.25, 0.3) is 0 Å². The van der Waals surface area contributed by atoms with Gasteiger partial charge in [-0.25, -0.2) is 4.79 Å². The standard InChI is InChI=1S/C9H10O2.K.H/c1-6-3-4-8(9(10)11)7(2)5-6;;/h3-5H,1-2H3,(H,10,11);;. The summed E-state index contributed by atoms with van der Waals surface area (Å²) < 4.78 is 0. The number of carbonyl (C=O) groups is 1. The second-order valence-electron chi connectivity index (χ2n) is 2.62. The molecule has 3 heteroatoms. The third-order valence-electron chi connectivity index (χ3n) is 1.61. The molecule has 0 saturated carbocycles. The fourth-order valence-electron chi connectivity index (χ4n) is 1.05. The SMILES string of the molecule is Cc1ccc(C(=O)O)c(C)c1.[KH]. The van der Waals surface area contributed by atoms with Gasteiger partial charge in [0.1, 0.15) is 0 Å². The molecule has 0 atom stereocenters. The Balaban J connectivity index is 0.00000121. The topological polar surface area (TPSA) is 37.3 Å². The Kier molecular flexibility index (Phi) is 5.28. The molecule has 0 heterocycles. The van der Waals surface area contributed by atoms with E-state index in [1.165, 1.54) is 0 Å². The van der Waals surface area contributed by atoms with Crippen molar-refractivity contribution in [1.82, 2.24) is 0 Å². The van der Waals surface area contributed by atoms with Gasteiger partial charge < -0.3 is 5.11 Å². The quantitative estimate of drug-likeness (QED) is 0.679. The Hall–Kier alpha value is 0.326. The van der Waals surface area contributed by atoms with Gasteiger partial charge in [-0.05, 0) is 25.5 Å². The third-order valence-corrected chi connectivity index (χ3v) is 1.61. The summed E-state index contributed by atoms with van der Waals surface area (Å²) in [6, 6.07) is 5.30. The fourth-order valence-corrected chi connectivity index (χ4v) is 1.05. The number of hydrogen-bond acceptors (Lipinski definition) is 1. The van der Waals surface area contributed by atoms with Gasteiger partial charge in [0, 0.05) is 0 Å². The van der Waals surface area contributed by atoms with E-state index < -0.39 is 5.97 Å². The van der Waals surface area contributed by atoms with Crippen molar-refractivity contribution >= 4 is 57.4 Å². The predicted molar refractivity (Wildman–Crippen MR) is 50.0 cm³/mol. The second-order valence-corrected chi connectivity index (χ2v) is 2.62. The molecule has 2 nitrogen and oxygen atoms in total. The normalized spacial score (nSPS) is 8.83. The van der Waals surface area contributed by atoms with E-state index in [2.05, 4.69) is 0 Å². The Bertz CT molecular complexity index is 295. The van der Waals surface area contributed by atoms with E-state index in [1.807, 2.05) is 13.0 Å². The zero-order chi connectivity index (χ0) is 8.43. The molecule has 0 aliphatic heterocycles. The van der Waals surface area contributed by atoms with Gasteiger partial charge in [0.25, 0.3) is 0 Å². The molecule has 0 fully saturated rings. The number of rotatable bonds is 1. The maximum absolute atomic E-state index is 10.5. The average molecular weight is 190 g/mol. The van der Waals surface area contributed by atoms with Crippen molar-refractivity contribution in [2.45, 2.75) is 13.8 Å². The zero-order valence-corrected chi connectivity index (χ0v) is 6.59. The third kappa shape index (κ3) is 2.99. The van der Waals surface area contributed by atoms with Gasteiger partial charge in [-0.2, -0.15) is 0 Å². The molecule has 0 spiro atoms. The zero-order valence-electron chi connectivity index (χ0n) is 6.59. The van der Waals surface area contributed by atoms with Gasteiger partial charge >= 0.3 is 57.4 Å². The summed E-state index contributed by atoms with van der Waals surface area (Å²) in [6.45, 7) is 3.75. The number of aryl methyl sites for hydroxylation is 2. The molecule has 1 rings (SSSR count). The van der Waals surface area contributed by atoms with Gasteiger partial charge in [-0.15, -0.1) is 0 Å². The number of hydrogen-bond donors (Lipinski definition) is 1. The number of benzene rings is 1. The fraction of sp³-hybridized carbons (Fsp3) is 0.222. The Labute approximate surface area is 114 Å². The van der Waals surface area contributed by atoms with Crippen LogP contribution < -0.4 is 0 Å². The molecule has 0 aliphatic carbocycles. The minimum absolute atomic E-state index is 0. The van der Waals surface area contributed by atoms with Crippen LogP contribution >= 0.6 is 0 Å². The van der Waals surface area contributed by atoms with Crippen LogP contribution in [0.15, 0.2) is 18.2 Å². The molecule has 0 amide bonds. The van der Waals surface area contributed by atoms with Crippen LogP contribution in [-0.2, 0) is 0 Å². The monoisotopic (exact) mass is 190 g/mol. The van der Waals surface area contributed by atoms with Gasteiger partial charge in [-0.3, -0.25) is 0 Å². The van der Waals surface area contributed by atoms with Crippen LogP contribution in [-0.4, -0.2) is 62.5 Å². The van der Waals surface area contributed by atoms with Crippen molar-refractivity contribution in [3.05, 3.63) is 34.9 Å². The van der Waals surface area contributed by atoms with Crippen molar-refractivity contribution in [2.24, 2.45) is 0 Å². The second kappa shape index (κ2) is 5.14. The molecule has 0 unspecified atom stereocenters. The van der Waals surface area contributed by atoms with Crippen LogP contribution in [0.4, 0.5) is 0 Å². The van der Waals surface area contributed by atoms with Crippen LogP contribution in [0.5, 0.6) is 0 Å². The summed E-state index contributed by atoms with van der Waals surface area (Å²) in [6.07, 6.45) is 0. The van der Waals surface area contributed by atoms with E-state index >= 15 is 0 Å². The molecule has 60 valence electrons. The van der Waals surface area contributed by atoms with E-state index in [0.717, 1.165) is 11.1 Å². The summed E-state index contributed by atoms with van der Waals surface area (Å²) in [5.41, 5.74) is 2.29. The van der Waals surface area contributed by atoms with Gasteiger partial charge in [0.2, 0.25) is 0 Å². The Morgan fingerprint density at radius 3 is 2.33 bits per heavy atom. The van der Waals surface area contributed by atoms with Crippen molar-refractivity contribution in [2.75, 3.05) is 0 Å². The van der Waals surface area contributed by atoms with Crippen molar-refractivity contribution in [3.63, 3.8) is 0 Å². The summed E-state index contributed by atoms with van der Waals surface area (Å²) >= 11 is 0. The maximum atomic E-state index is 10.5. The summed E-state index contributed by atoms with van der Waals surface area (Å²) in [7, 11) is 0. The van der Waals surface area contributed by atoms with Crippen LogP contribution in [0.2, 0.25) is 0 Å². The molecular weight excluding hydrogens is 179 g/mol. The summed E-state index contributed by atoms with van der Waals surface area (Å²) in [5, 5.41) is 8.66. The van der Waals surface area contributed by atoms with Crippen LogP contribution in [0, 0.1) is 13.8 Å². The van der Waals surface area contributed by atoms with E-state index in [4.69, 9.17) is 5.11 Å². The molecule has 1 aromatic rings. The van der Waals surface area contributed by atoms with E-state index in [9.17, 15) is 4.79 Å². The average Bonchev–Trinajstić information content (AvgIpc) is 1.85. The first kappa shape index (κ1) is 12.3.